The van der Waals surface area contributed by atoms with Gasteiger partial charge in [-0.15, -0.1) is 0 Å². The molecular formula is C9H10N2. The highest BCUT2D eigenvalue weighted by molar-refractivity contribution is 5.47. The molecule has 0 aliphatic heterocycles. The number of hydrogen-bond donors (Lipinski definition) is 0. The van der Waals surface area contributed by atoms with Crippen LogP contribution in [0.5, 0.6) is 0 Å². The average Bonchev–Trinajstić information content (AvgIpc) is 2.50. The third-order valence-corrected chi connectivity index (χ3v) is 1.87. The normalized spacial score (nSPS) is 10.6. The molecule has 0 spiro atoms. The Kier molecular flexibility index (Phi) is 1.39. The first kappa shape index (κ1) is 6.40. The number of aryl methyl sites for hydroxylation is 1. The zero-order valence-corrected chi connectivity index (χ0v) is 6.49. The lowest BCUT2D eigenvalue weighted by molar-refractivity contribution is 0.951. The van der Waals surface area contributed by atoms with Crippen molar-refractivity contribution in [1.82, 2.24) is 9.61 Å². The molecule has 11 heavy (non-hydrogen) atoms. The van der Waals surface area contributed by atoms with Crippen LogP contribution in [0.4, 0.5) is 0 Å². The van der Waals surface area contributed by atoms with Gasteiger partial charge >= 0.3 is 0 Å². The van der Waals surface area contributed by atoms with E-state index in [-0.39, 0.29) is 0 Å². The average molecular weight is 146 g/mol. The molecule has 0 unspecified atom stereocenters. The summed E-state index contributed by atoms with van der Waals surface area (Å²) in [5.41, 5.74) is 2.53. The van der Waals surface area contributed by atoms with Crippen LogP contribution < -0.4 is 0 Å². The summed E-state index contributed by atoms with van der Waals surface area (Å²) in [4.78, 5) is 0. The van der Waals surface area contributed by atoms with Crippen LogP contribution >= 0.6 is 0 Å². The fourth-order valence-corrected chi connectivity index (χ4v) is 1.19. The molecule has 2 nitrogen and oxygen atoms in total. The van der Waals surface area contributed by atoms with Crippen LogP contribution in [-0.2, 0) is 6.42 Å². The van der Waals surface area contributed by atoms with Crippen LogP contribution in [0.2, 0.25) is 0 Å². The molecule has 0 aromatic carbocycles. The van der Waals surface area contributed by atoms with Crippen molar-refractivity contribution in [2.45, 2.75) is 13.3 Å². The van der Waals surface area contributed by atoms with Gasteiger partial charge < -0.3 is 0 Å². The van der Waals surface area contributed by atoms with Crippen molar-refractivity contribution >= 4 is 5.52 Å². The SMILES string of the molecule is CCc1ccn2nccc2c1. The van der Waals surface area contributed by atoms with E-state index in [4.69, 9.17) is 0 Å². The van der Waals surface area contributed by atoms with Gasteiger partial charge in [-0.05, 0) is 30.2 Å². The van der Waals surface area contributed by atoms with Crippen molar-refractivity contribution in [3.8, 4) is 0 Å². The van der Waals surface area contributed by atoms with E-state index in [9.17, 15) is 0 Å². The Bertz CT molecular complexity index is 362. The molecule has 0 radical (unpaired) electrons. The molecule has 0 bridgehead atoms. The summed E-state index contributed by atoms with van der Waals surface area (Å²) in [6.45, 7) is 2.15. The summed E-state index contributed by atoms with van der Waals surface area (Å²) in [7, 11) is 0. The molecule has 0 aliphatic carbocycles. The van der Waals surface area contributed by atoms with Gasteiger partial charge in [0.25, 0.3) is 0 Å². The molecular weight excluding hydrogens is 136 g/mol. The van der Waals surface area contributed by atoms with Crippen molar-refractivity contribution in [3.05, 3.63) is 36.2 Å². The van der Waals surface area contributed by atoms with E-state index < -0.39 is 0 Å². The van der Waals surface area contributed by atoms with Crippen LogP contribution in [0.1, 0.15) is 12.5 Å². The summed E-state index contributed by atoms with van der Waals surface area (Å²) in [5.74, 6) is 0. The highest BCUT2D eigenvalue weighted by atomic mass is 15.2. The number of nitrogens with zero attached hydrogens (tertiary/aromatic N) is 2. The van der Waals surface area contributed by atoms with Crippen molar-refractivity contribution in [3.63, 3.8) is 0 Å². The molecule has 0 fully saturated rings. The number of fused-ring (bicyclic) bond motifs is 1. The van der Waals surface area contributed by atoms with Gasteiger partial charge in [0.1, 0.15) is 0 Å². The maximum Gasteiger partial charge on any atom is 0.0664 e. The Morgan fingerprint density at radius 2 is 2.36 bits per heavy atom. The van der Waals surface area contributed by atoms with Crippen LogP contribution in [0, 0.1) is 0 Å². The first-order valence-corrected chi connectivity index (χ1v) is 3.82. The van der Waals surface area contributed by atoms with Gasteiger partial charge in [-0.3, -0.25) is 0 Å². The Balaban J connectivity index is 2.67. The minimum Gasteiger partial charge on any atom is -0.241 e. The third kappa shape index (κ3) is 1.00. The molecule has 2 aromatic rings. The van der Waals surface area contributed by atoms with Crippen LogP contribution in [-0.4, -0.2) is 9.61 Å². The molecule has 0 saturated carbocycles. The van der Waals surface area contributed by atoms with Crippen molar-refractivity contribution in [2.75, 3.05) is 0 Å². The quantitative estimate of drug-likeness (QED) is 0.600. The lowest BCUT2D eigenvalue weighted by atomic mass is 10.2. The Hall–Kier alpha value is -1.31. The van der Waals surface area contributed by atoms with Crippen molar-refractivity contribution < 1.29 is 0 Å². The topological polar surface area (TPSA) is 17.3 Å². The van der Waals surface area contributed by atoms with E-state index in [1.54, 1.807) is 0 Å². The first-order valence-electron chi connectivity index (χ1n) is 3.82. The fourth-order valence-electron chi connectivity index (χ4n) is 1.19. The number of hydrogen-bond acceptors (Lipinski definition) is 1. The van der Waals surface area contributed by atoms with E-state index in [1.165, 1.54) is 11.1 Å². The van der Waals surface area contributed by atoms with Crippen LogP contribution in [0.25, 0.3) is 5.52 Å². The monoisotopic (exact) mass is 146 g/mol. The Morgan fingerprint density at radius 1 is 1.45 bits per heavy atom. The second kappa shape index (κ2) is 2.38. The zero-order chi connectivity index (χ0) is 7.68. The number of aromatic nitrogens is 2. The molecule has 0 N–H and O–H groups in total. The smallest absolute Gasteiger partial charge is 0.0664 e. The molecule has 2 rings (SSSR count). The molecule has 2 heteroatoms. The Labute approximate surface area is 65.5 Å². The summed E-state index contributed by atoms with van der Waals surface area (Å²) < 4.78 is 1.87. The molecule has 0 aliphatic rings. The van der Waals surface area contributed by atoms with Crippen LogP contribution in [0.15, 0.2) is 30.6 Å². The van der Waals surface area contributed by atoms with Gasteiger partial charge in [0.05, 0.1) is 5.52 Å². The lowest BCUT2D eigenvalue weighted by Gasteiger charge is -1.96. The van der Waals surface area contributed by atoms with Crippen molar-refractivity contribution in [1.29, 1.82) is 0 Å². The zero-order valence-electron chi connectivity index (χ0n) is 6.49. The standard InChI is InChI=1S/C9H10N2/c1-2-8-4-6-11-9(7-8)3-5-10-11/h3-7H,2H2,1H3. The van der Waals surface area contributed by atoms with Gasteiger partial charge in [-0.2, -0.15) is 5.10 Å². The van der Waals surface area contributed by atoms with Gasteiger partial charge in [0.15, 0.2) is 0 Å². The number of pyridine rings is 1. The minimum atomic E-state index is 1.08. The Morgan fingerprint density at radius 3 is 3.18 bits per heavy atom. The minimum absolute atomic E-state index is 1.08. The summed E-state index contributed by atoms with van der Waals surface area (Å²) in [6, 6.07) is 6.27. The maximum atomic E-state index is 4.11. The van der Waals surface area contributed by atoms with E-state index >= 15 is 0 Å². The van der Waals surface area contributed by atoms with E-state index in [0.29, 0.717) is 0 Å². The van der Waals surface area contributed by atoms with E-state index in [2.05, 4.69) is 24.2 Å². The summed E-state index contributed by atoms with van der Waals surface area (Å²) >= 11 is 0. The van der Waals surface area contributed by atoms with Gasteiger partial charge in [0.2, 0.25) is 0 Å². The third-order valence-electron chi connectivity index (χ3n) is 1.87. The molecule has 0 amide bonds. The predicted octanol–water partition coefficient (Wildman–Crippen LogP) is 1.90. The summed E-state index contributed by atoms with van der Waals surface area (Å²) in [5, 5.41) is 4.11. The molecule has 2 aromatic heterocycles. The second-order valence-electron chi connectivity index (χ2n) is 2.59. The van der Waals surface area contributed by atoms with E-state index in [1.807, 2.05) is 23.0 Å². The molecule has 56 valence electrons. The van der Waals surface area contributed by atoms with Crippen LogP contribution in [0.3, 0.4) is 0 Å². The summed E-state index contributed by atoms with van der Waals surface area (Å²) in [6.07, 6.45) is 4.89. The van der Waals surface area contributed by atoms with Gasteiger partial charge in [0, 0.05) is 12.4 Å². The van der Waals surface area contributed by atoms with Gasteiger partial charge in [-0.1, -0.05) is 6.92 Å². The van der Waals surface area contributed by atoms with E-state index in [0.717, 1.165) is 6.42 Å². The van der Waals surface area contributed by atoms with Gasteiger partial charge in [-0.25, -0.2) is 4.52 Å². The van der Waals surface area contributed by atoms with Crippen molar-refractivity contribution in [2.24, 2.45) is 0 Å². The molecule has 0 atom stereocenters. The molecule has 2 heterocycles. The molecule has 0 saturated heterocycles. The largest absolute Gasteiger partial charge is 0.241 e. The highest BCUT2D eigenvalue weighted by Crippen LogP contribution is 2.06. The second-order valence-corrected chi connectivity index (χ2v) is 2.59. The maximum absolute atomic E-state index is 4.11. The lowest BCUT2D eigenvalue weighted by Crippen LogP contribution is -1.87. The highest BCUT2D eigenvalue weighted by Gasteiger charge is 1.92. The number of rotatable bonds is 1. The predicted molar refractivity (Wildman–Crippen MR) is 44.6 cm³/mol. The first-order chi connectivity index (χ1) is 5.40. The fraction of sp³-hybridized carbons (Fsp3) is 0.222.